The zero-order valence-electron chi connectivity index (χ0n) is 24.8. The van der Waals surface area contributed by atoms with E-state index in [1.165, 1.54) is 0 Å². The van der Waals surface area contributed by atoms with Crippen molar-refractivity contribution in [2.45, 2.75) is 26.3 Å². The van der Waals surface area contributed by atoms with Gasteiger partial charge in [-0.15, -0.1) is 10.2 Å². The van der Waals surface area contributed by atoms with Crippen LogP contribution in [0.15, 0.2) is 97.3 Å². The van der Waals surface area contributed by atoms with Gasteiger partial charge in [0.25, 0.3) is 0 Å². The van der Waals surface area contributed by atoms with E-state index in [0.717, 1.165) is 11.1 Å². The van der Waals surface area contributed by atoms with E-state index in [-0.39, 0.29) is 36.3 Å². The summed E-state index contributed by atoms with van der Waals surface area (Å²) in [5, 5.41) is 16.7. The molecule has 228 valence electrons. The van der Waals surface area contributed by atoms with Crippen LogP contribution in [0.2, 0.25) is 0 Å². The lowest BCUT2D eigenvalue weighted by molar-refractivity contribution is 0.0979. The molecular formula is C36H24N6O5. The molecule has 0 N–H and O–H groups in total. The smallest absolute Gasteiger partial charge is 0.194 e. The third-order valence-electron chi connectivity index (χ3n) is 8.34. The second-order valence-electron chi connectivity index (χ2n) is 11.5. The first-order valence-corrected chi connectivity index (χ1v) is 14.9. The summed E-state index contributed by atoms with van der Waals surface area (Å²) in [6, 6.07) is 24.2. The van der Waals surface area contributed by atoms with Crippen LogP contribution < -0.4 is 0 Å². The molecule has 0 amide bonds. The molecule has 0 spiro atoms. The Labute approximate surface area is 267 Å². The van der Waals surface area contributed by atoms with Gasteiger partial charge in [0.2, 0.25) is 0 Å². The predicted octanol–water partition coefficient (Wildman–Crippen LogP) is 4.23. The van der Waals surface area contributed by atoms with Crippen molar-refractivity contribution in [3.05, 3.63) is 164 Å². The molecule has 0 radical (unpaired) electrons. The minimum atomic E-state index is -0.165. The number of hydrogen-bond donors (Lipinski definition) is 0. The largest absolute Gasteiger partial charge is 0.369 e. The standard InChI is InChI=1S/C36H24N6O5/c43-33-25-5-1-3-7-27(25)35(45)31-13-21(9-11-29(31)33)15-41-17-23(37-39-41)19-47-20-24-18-42(40-38-24)16-22-10-12-30-32(14-22)36(46)28-8-4-2-6-26(28)34(30)44/h1-14,17-18H,15-16,19-20H2. The van der Waals surface area contributed by atoms with Crippen molar-refractivity contribution in [3.63, 3.8) is 0 Å². The third kappa shape index (κ3) is 5.08. The number of nitrogens with zero attached hydrogens (tertiary/aromatic N) is 6. The fourth-order valence-electron chi connectivity index (χ4n) is 6.09. The Hall–Kier alpha value is -6.20. The van der Waals surface area contributed by atoms with Crippen molar-refractivity contribution in [2.24, 2.45) is 0 Å². The first-order valence-electron chi connectivity index (χ1n) is 14.9. The van der Waals surface area contributed by atoms with Crippen LogP contribution in [0.25, 0.3) is 0 Å². The van der Waals surface area contributed by atoms with Gasteiger partial charge in [-0.3, -0.25) is 19.2 Å². The molecule has 11 nitrogen and oxygen atoms in total. The molecular weight excluding hydrogens is 596 g/mol. The molecule has 47 heavy (non-hydrogen) atoms. The Morgan fingerprint density at radius 2 is 0.830 bits per heavy atom. The fraction of sp³-hybridized carbons (Fsp3) is 0.111. The molecule has 0 bridgehead atoms. The number of aromatic nitrogens is 6. The highest BCUT2D eigenvalue weighted by molar-refractivity contribution is 6.29. The molecule has 0 atom stereocenters. The van der Waals surface area contributed by atoms with Crippen LogP contribution in [0.1, 0.15) is 86.2 Å². The van der Waals surface area contributed by atoms with Gasteiger partial charge in [0.15, 0.2) is 23.1 Å². The highest BCUT2D eigenvalue weighted by Crippen LogP contribution is 2.29. The maximum absolute atomic E-state index is 13.1. The zero-order valence-corrected chi connectivity index (χ0v) is 24.8. The third-order valence-corrected chi connectivity index (χ3v) is 8.34. The van der Waals surface area contributed by atoms with Crippen LogP contribution in [-0.2, 0) is 31.0 Å². The van der Waals surface area contributed by atoms with E-state index >= 15 is 0 Å². The van der Waals surface area contributed by atoms with Crippen LogP contribution >= 0.6 is 0 Å². The van der Waals surface area contributed by atoms with Gasteiger partial charge < -0.3 is 4.74 Å². The summed E-state index contributed by atoms with van der Waals surface area (Å²) in [7, 11) is 0. The number of hydrogen-bond acceptors (Lipinski definition) is 9. The number of carbonyl (C=O) groups excluding carboxylic acids is 4. The van der Waals surface area contributed by atoms with Gasteiger partial charge in [0.05, 0.1) is 38.7 Å². The Kier molecular flexibility index (Phi) is 6.80. The maximum atomic E-state index is 13.1. The van der Waals surface area contributed by atoms with Crippen molar-refractivity contribution in [3.8, 4) is 0 Å². The van der Waals surface area contributed by atoms with E-state index < -0.39 is 0 Å². The minimum absolute atomic E-state index is 0.152. The lowest BCUT2D eigenvalue weighted by Crippen LogP contribution is -2.21. The van der Waals surface area contributed by atoms with Crippen molar-refractivity contribution in [1.82, 2.24) is 30.0 Å². The quantitative estimate of drug-likeness (QED) is 0.244. The molecule has 0 unspecified atom stereocenters. The summed E-state index contributed by atoms with van der Waals surface area (Å²) in [6.07, 6.45) is 3.53. The van der Waals surface area contributed by atoms with E-state index in [2.05, 4.69) is 20.6 Å². The van der Waals surface area contributed by atoms with Crippen molar-refractivity contribution < 1.29 is 23.9 Å². The average Bonchev–Trinajstić information content (AvgIpc) is 3.75. The molecule has 0 aliphatic heterocycles. The van der Waals surface area contributed by atoms with Gasteiger partial charge in [-0.2, -0.15) is 0 Å². The molecule has 4 aromatic carbocycles. The highest BCUT2D eigenvalue weighted by Gasteiger charge is 2.30. The molecule has 2 aromatic heterocycles. The second kappa shape index (κ2) is 11.3. The summed E-state index contributed by atoms with van der Waals surface area (Å²) in [5.41, 5.74) is 6.16. The first-order chi connectivity index (χ1) is 22.9. The van der Waals surface area contributed by atoms with Crippen molar-refractivity contribution in [2.75, 3.05) is 0 Å². The summed E-state index contributed by atoms with van der Waals surface area (Å²) in [6.45, 7) is 1.13. The topological polar surface area (TPSA) is 139 Å². The van der Waals surface area contributed by atoms with Gasteiger partial charge >= 0.3 is 0 Å². The van der Waals surface area contributed by atoms with E-state index in [0.29, 0.717) is 69.0 Å². The summed E-state index contributed by atoms with van der Waals surface area (Å²) < 4.78 is 9.10. The monoisotopic (exact) mass is 620 g/mol. The van der Waals surface area contributed by atoms with Gasteiger partial charge in [0.1, 0.15) is 11.4 Å². The summed E-state index contributed by atoms with van der Waals surface area (Å²) >= 11 is 0. The molecule has 6 aromatic rings. The fourth-order valence-corrected chi connectivity index (χ4v) is 6.09. The number of ether oxygens (including phenoxy) is 1. The average molecular weight is 621 g/mol. The zero-order chi connectivity index (χ0) is 32.1. The molecule has 2 aliphatic rings. The number of benzene rings is 4. The molecule has 0 saturated heterocycles. The molecule has 11 heteroatoms. The van der Waals surface area contributed by atoms with E-state index in [4.69, 9.17) is 4.74 Å². The second-order valence-corrected chi connectivity index (χ2v) is 11.5. The Balaban J connectivity index is 0.875. The van der Waals surface area contributed by atoms with E-state index in [9.17, 15) is 19.2 Å². The molecule has 0 fully saturated rings. The van der Waals surface area contributed by atoms with Crippen molar-refractivity contribution >= 4 is 23.1 Å². The van der Waals surface area contributed by atoms with Crippen LogP contribution in [0.5, 0.6) is 0 Å². The SMILES string of the molecule is O=C1c2ccccc2C(=O)c2cc(Cn3cc(COCc4cn(Cc5ccc6c(c5)C(=O)c5ccccc5C6=O)nn4)nn3)ccc21. The Morgan fingerprint density at radius 3 is 1.23 bits per heavy atom. The highest BCUT2D eigenvalue weighted by atomic mass is 16.5. The molecule has 2 aliphatic carbocycles. The Morgan fingerprint density at radius 1 is 0.468 bits per heavy atom. The summed E-state index contributed by atoms with van der Waals surface area (Å²) in [5.74, 6) is -0.633. The minimum Gasteiger partial charge on any atom is -0.369 e. The lowest BCUT2D eigenvalue weighted by atomic mass is 9.83. The van der Waals surface area contributed by atoms with Crippen LogP contribution in [0.4, 0.5) is 0 Å². The van der Waals surface area contributed by atoms with E-state index in [1.54, 1.807) is 94.6 Å². The maximum Gasteiger partial charge on any atom is 0.194 e. The Bertz CT molecular complexity index is 2120. The van der Waals surface area contributed by atoms with Gasteiger partial charge in [-0.05, 0) is 35.4 Å². The van der Waals surface area contributed by atoms with Gasteiger partial charge in [-0.25, -0.2) is 9.36 Å². The van der Waals surface area contributed by atoms with Gasteiger partial charge in [0, 0.05) is 44.5 Å². The van der Waals surface area contributed by atoms with Crippen LogP contribution in [0, 0.1) is 0 Å². The van der Waals surface area contributed by atoms with Gasteiger partial charge in [-0.1, -0.05) is 71.1 Å². The molecule has 8 rings (SSSR count). The number of fused-ring (bicyclic) bond motifs is 4. The van der Waals surface area contributed by atoms with E-state index in [1.807, 2.05) is 12.1 Å². The number of carbonyl (C=O) groups is 4. The summed E-state index contributed by atoms with van der Waals surface area (Å²) in [4.78, 5) is 51.9. The first kappa shape index (κ1) is 28.3. The number of rotatable bonds is 8. The van der Waals surface area contributed by atoms with Crippen LogP contribution in [-0.4, -0.2) is 53.1 Å². The number of ketones is 4. The van der Waals surface area contributed by atoms with Crippen molar-refractivity contribution in [1.29, 1.82) is 0 Å². The lowest BCUT2D eigenvalue weighted by Gasteiger charge is -2.18. The normalized spacial score (nSPS) is 13.3. The molecule has 0 saturated carbocycles. The van der Waals surface area contributed by atoms with Crippen LogP contribution in [0.3, 0.4) is 0 Å². The predicted molar refractivity (Wildman–Crippen MR) is 166 cm³/mol. The molecule has 2 heterocycles.